The molecule has 1 aromatic carbocycles. The molecule has 3 rings (SSSR count). The summed E-state index contributed by atoms with van der Waals surface area (Å²) >= 11 is 2.32. The number of benzene rings is 1. The minimum atomic E-state index is 0.698. The van der Waals surface area contributed by atoms with Crippen molar-refractivity contribution in [1.82, 2.24) is 4.57 Å². The van der Waals surface area contributed by atoms with Gasteiger partial charge < -0.3 is 4.57 Å². The summed E-state index contributed by atoms with van der Waals surface area (Å²) in [5, 5.41) is 0. The number of rotatable bonds is 3. The average Bonchev–Trinajstić information content (AvgIpc) is 2.95. The fourth-order valence-electron chi connectivity index (χ4n) is 2.82. The molecule has 2 aromatic rings. The predicted octanol–water partition coefficient (Wildman–Crippen LogP) is 5.35. The summed E-state index contributed by atoms with van der Waals surface area (Å²) < 4.78 is 3.59. The molecule has 0 N–H and O–H groups in total. The fourth-order valence-corrected chi connectivity index (χ4v) is 3.35. The highest BCUT2D eigenvalue weighted by Gasteiger charge is 2.14. The van der Waals surface area contributed by atoms with E-state index in [1.54, 1.807) is 0 Å². The molecular formula is C17H19IN2. The summed E-state index contributed by atoms with van der Waals surface area (Å²) in [6.07, 6.45) is 13.2. The average molecular weight is 378 g/mol. The van der Waals surface area contributed by atoms with Gasteiger partial charge in [-0.2, -0.15) is 0 Å². The zero-order valence-electron chi connectivity index (χ0n) is 11.5. The van der Waals surface area contributed by atoms with E-state index in [2.05, 4.69) is 62.7 Å². The van der Waals surface area contributed by atoms with Crippen molar-refractivity contribution in [2.24, 2.45) is 4.99 Å². The zero-order valence-corrected chi connectivity index (χ0v) is 13.7. The lowest BCUT2D eigenvalue weighted by Crippen LogP contribution is -2.10. The van der Waals surface area contributed by atoms with Crippen LogP contribution in [-0.2, 0) is 0 Å². The molecule has 0 amide bonds. The SMILES string of the molecule is Ic1cccc(N=Cc2ccn(C3CCCCC3)c2)c1. The Balaban J connectivity index is 1.70. The Labute approximate surface area is 134 Å². The van der Waals surface area contributed by atoms with Crippen LogP contribution in [0.1, 0.15) is 43.7 Å². The largest absolute Gasteiger partial charge is 0.351 e. The highest BCUT2D eigenvalue weighted by molar-refractivity contribution is 14.1. The van der Waals surface area contributed by atoms with Crippen molar-refractivity contribution in [1.29, 1.82) is 0 Å². The summed E-state index contributed by atoms with van der Waals surface area (Å²) in [6.45, 7) is 0. The molecule has 0 radical (unpaired) electrons. The second-order valence-corrected chi connectivity index (χ2v) is 6.67. The van der Waals surface area contributed by atoms with Gasteiger partial charge in [-0.1, -0.05) is 25.3 Å². The quantitative estimate of drug-likeness (QED) is 0.506. The lowest BCUT2D eigenvalue weighted by Gasteiger charge is -2.23. The Bertz CT molecular complexity index is 595. The molecule has 1 heterocycles. The van der Waals surface area contributed by atoms with Crippen molar-refractivity contribution < 1.29 is 0 Å². The summed E-state index contributed by atoms with van der Waals surface area (Å²) in [4.78, 5) is 4.55. The third-order valence-corrected chi connectivity index (χ3v) is 4.58. The van der Waals surface area contributed by atoms with Gasteiger partial charge in [0.2, 0.25) is 0 Å². The van der Waals surface area contributed by atoms with Gasteiger partial charge in [-0.25, -0.2) is 0 Å². The molecule has 0 spiro atoms. The standard InChI is InChI=1S/C17H19IN2/c18-15-5-4-6-16(11-15)19-12-14-9-10-20(13-14)17-7-2-1-3-8-17/h4-6,9-13,17H,1-3,7-8H2. The smallest absolute Gasteiger partial charge is 0.0640 e. The molecule has 20 heavy (non-hydrogen) atoms. The van der Waals surface area contributed by atoms with Crippen LogP contribution in [0.15, 0.2) is 47.7 Å². The van der Waals surface area contributed by atoms with E-state index >= 15 is 0 Å². The van der Waals surface area contributed by atoms with Gasteiger partial charge in [-0.15, -0.1) is 0 Å². The van der Waals surface area contributed by atoms with Crippen LogP contribution >= 0.6 is 22.6 Å². The lowest BCUT2D eigenvalue weighted by atomic mass is 9.95. The van der Waals surface area contributed by atoms with Crippen LogP contribution < -0.4 is 0 Å². The normalized spacial score (nSPS) is 16.9. The molecule has 0 bridgehead atoms. The van der Waals surface area contributed by atoms with Crippen molar-refractivity contribution in [2.45, 2.75) is 38.1 Å². The van der Waals surface area contributed by atoms with Crippen molar-refractivity contribution in [2.75, 3.05) is 0 Å². The van der Waals surface area contributed by atoms with Gasteiger partial charge in [0.25, 0.3) is 0 Å². The van der Waals surface area contributed by atoms with Gasteiger partial charge in [0, 0.05) is 33.8 Å². The molecule has 0 unspecified atom stereocenters. The molecule has 0 atom stereocenters. The second-order valence-electron chi connectivity index (χ2n) is 5.42. The number of nitrogens with zero attached hydrogens (tertiary/aromatic N) is 2. The van der Waals surface area contributed by atoms with Crippen molar-refractivity contribution in [3.63, 3.8) is 0 Å². The summed E-state index contributed by atoms with van der Waals surface area (Å²) in [7, 11) is 0. The van der Waals surface area contributed by atoms with Crippen LogP contribution in [0.25, 0.3) is 0 Å². The number of halogens is 1. The molecule has 2 nitrogen and oxygen atoms in total. The van der Waals surface area contributed by atoms with E-state index in [1.165, 1.54) is 41.2 Å². The third kappa shape index (κ3) is 3.51. The minimum Gasteiger partial charge on any atom is -0.351 e. The van der Waals surface area contributed by atoms with Gasteiger partial charge in [-0.3, -0.25) is 4.99 Å². The molecule has 104 valence electrons. The number of aliphatic imine (C=N–C) groups is 1. The molecular weight excluding hydrogens is 359 g/mol. The zero-order chi connectivity index (χ0) is 13.8. The van der Waals surface area contributed by atoms with Crippen LogP contribution in [-0.4, -0.2) is 10.8 Å². The van der Waals surface area contributed by atoms with Crippen LogP contribution in [0.3, 0.4) is 0 Å². The lowest BCUT2D eigenvalue weighted by molar-refractivity contribution is 0.354. The van der Waals surface area contributed by atoms with Gasteiger partial charge in [0.15, 0.2) is 0 Å². The molecule has 1 saturated carbocycles. The van der Waals surface area contributed by atoms with E-state index in [0.717, 1.165) is 5.69 Å². The predicted molar refractivity (Wildman–Crippen MR) is 93.0 cm³/mol. The first kappa shape index (κ1) is 13.9. The number of hydrogen-bond acceptors (Lipinski definition) is 1. The van der Waals surface area contributed by atoms with E-state index in [4.69, 9.17) is 0 Å². The summed E-state index contributed by atoms with van der Waals surface area (Å²) in [5.41, 5.74) is 2.21. The van der Waals surface area contributed by atoms with E-state index in [9.17, 15) is 0 Å². The van der Waals surface area contributed by atoms with Crippen molar-refractivity contribution in [3.05, 3.63) is 51.9 Å². The Kier molecular flexibility index (Phi) is 4.55. The monoisotopic (exact) mass is 378 g/mol. The van der Waals surface area contributed by atoms with Crippen LogP contribution in [0.5, 0.6) is 0 Å². The number of hydrogen-bond donors (Lipinski definition) is 0. The molecule has 1 aliphatic rings. The topological polar surface area (TPSA) is 17.3 Å². The summed E-state index contributed by atoms with van der Waals surface area (Å²) in [5.74, 6) is 0. The minimum absolute atomic E-state index is 0.698. The van der Waals surface area contributed by atoms with Gasteiger partial charge in [0.05, 0.1) is 5.69 Å². The van der Waals surface area contributed by atoms with Gasteiger partial charge in [-0.05, 0) is 59.7 Å². The Morgan fingerprint density at radius 3 is 2.80 bits per heavy atom. The molecule has 1 fully saturated rings. The summed E-state index contributed by atoms with van der Waals surface area (Å²) in [6, 6.07) is 11.1. The molecule has 1 aliphatic carbocycles. The Morgan fingerprint density at radius 2 is 2.00 bits per heavy atom. The van der Waals surface area contributed by atoms with E-state index < -0.39 is 0 Å². The molecule has 1 aromatic heterocycles. The van der Waals surface area contributed by atoms with E-state index in [1.807, 2.05) is 18.3 Å². The van der Waals surface area contributed by atoms with Crippen LogP contribution in [0.2, 0.25) is 0 Å². The van der Waals surface area contributed by atoms with Gasteiger partial charge in [0.1, 0.15) is 0 Å². The first-order valence-corrected chi connectivity index (χ1v) is 8.36. The van der Waals surface area contributed by atoms with E-state index in [-0.39, 0.29) is 0 Å². The first-order valence-electron chi connectivity index (χ1n) is 7.28. The Morgan fingerprint density at radius 1 is 1.15 bits per heavy atom. The first-order chi connectivity index (χ1) is 9.81. The number of aromatic nitrogens is 1. The third-order valence-electron chi connectivity index (χ3n) is 3.90. The maximum Gasteiger partial charge on any atom is 0.0640 e. The van der Waals surface area contributed by atoms with Crippen molar-refractivity contribution >= 4 is 34.5 Å². The van der Waals surface area contributed by atoms with Crippen LogP contribution in [0.4, 0.5) is 5.69 Å². The maximum absolute atomic E-state index is 4.55. The highest BCUT2D eigenvalue weighted by Crippen LogP contribution is 2.28. The molecule has 0 aliphatic heterocycles. The highest BCUT2D eigenvalue weighted by atomic mass is 127. The van der Waals surface area contributed by atoms with E-state index in [0.29, 0.717) is 6.04 Å². The van der Waals surface area contributed by atoms with Crippen LogP contribution in [0, 0.1) is 3.57 Å². The molecule has 0 saturated heterocycles. The van der Waals surface area contributed by atoms with Crippen molar-refractivity contribution in [3.8, 4) is 0 Å². The fraction of sp³-hybridized carbons (Fsp3) is 0.353. The Hall–Kier alpha value is -1.10. The maximum atomic E-state index is 4.55. The molecule has 3 heteroatoms. The van der Waals surface area contributed by atoms with Gasteiger partial charge >= 0.3 is 0 Å². The second kappa shape index (κ2) is 6.57.